The fourth-order valence-corrected chi connectivity index (χ4v) is 2.56. The number of hydrogen-bond donors (Lipinski definition) is 2. The van der Waals surface area contributed by atoms with Gasteiger partial charge in [0, 0.05) is 25.0 Å². The Balaban J connectivity index is 2.13. The number of rotatable bonds is 2. The SMILES string of the molecule is O=C(O)c1oc2ccccc2c1N1CCCNCC1. The van der Waals surface area contributed by atoms with Crippen LogP contribution in [0.3, 0.4) is 0 Å². The number of benzene rings is 1. The van der Waals surface area contributed by atoms with Gasteiger partial charge in [0.25, 0.3) is 0 Å². The van der Waals surface area contributed by atoms with Crippen LogP contribution in [0.5, 0.6) is 0 Å². The Morgan fingerprint density at radius 2 is 2.11 bits per heavy atom. The third-order valence-electron chi connectivity index (χ3n) is 3.42. The summed E-state index contributed by atoms with van der Waals surface area (Å²) in [5, 5.41) is 13.5. The Kier molecular flexibility index (Phi) is 3.13. The summed E-state index contributed by atoms with van der Waals surface area (Å²) in [6, 6.07) is 7.48. The average Bonchev–Trinajstić information content (AvgIpc) is 2.60. The number of hydrogen-bond acceptors (Lipinski definition) is 4. The van der Waals surface area contributed by atoms with Gasteiger partial charge in [0.15, 0.2) is 0 Å². The molecule has 0 radical (unpaired) electrons. The van der Waals surface area contributed by atoms with Crippen molar-refractivity contribution in [1.82, 2.24) is 5.32 Å². The highest BCUT2D eigenvalue weighted by molar-refractivity contribution is 6.03. The Morgan fingerprint density at radius 3 is 2.95 bits per heavy atom. The molecule has 5 nitrogen and oxygen atoms in total. The lowest BCUT2D eigenvalue weighted by Gasteiger charge is -2.21. The van der Waals surface area contributed by atoms with Crippen molar-refractivity contribution in [2.45, 2.75) is 6.42 Å². The van der Waals surface area contributed by atoms with Gasteiger partial charge in [-0.05, 0) is 25.1 Å². The molecule has 2 N–H and O–H groups in total. The minimum Gasteiger partial charge on any atom is -0.475 e. The Bertz CT molecular complexity index is 598. The lowest BCUT2D eigenvalue weighted by molar-refractivity contribution is 0.0666. The van der Waals surface area contributed by atoms with E-state index in [0.717, 1.165) is 38.0 Å². The van der Waals surface area contributed by atoms with Gasteiger partial charge < -0.3 is 19.7 Å². The minimum absolute atomic E-state index is 0.0445. The van der Waals surface area contributed by atoms with Crippen molar-refractivity contribution in [1.29, 1.82) is 0 Å². The zero-order chi connectivity index (χ0) is 13.2. The molecule has 1 fully saturated rings. The van der Waals surface area contributed by atoms with E-state index in [2.05, 4.69) is 10.2 Å². The predicted molar refractivity (Wildman–Crippen MR) is 72.9 cm³/mol. The van der Waals surface area contributed by atoms with Crippen LogP contribution in [0, 0.1) is 0 Å². The maximum atomic E-state index is 11.4. The first-order valence-corrected chi connectivity index (χ1v) is 6.48. The molecule has 0 spiro atoms. The first kappa shape index (κ1) is 12.0. The van der Waals surface area contributed by atoms with E-state index in [0.29, 0.717) is 11.3 Å². The summed E-state index contributed by atoms with van der Waals surface area (Å²) in [5.74, 6) is -0.966. The summed E-state index contributed by atoms with van der Waals surface area (Å²) < 4.78 is 5.49. The maximum Gasteiger partial charge on any atom is 0.374 e. The highest BCUT2D eigenvalue weighted by atomic mass is 16.4. The quantitative estimate of drug-likeness (QED) is 0.863. The third-order valence-corrected chi connectivity index (χ3v) is 3.42. The number of para-hydroxylation sites is 1. The van der Waals surface area contributed by atoms with Gasteiger partial charge in [0.05, 0.1) is 5.69 Å². The number of anilines is 1. The summed E-state index contributed by atoms with van der Waals surface area (Å²) in [4.78, 5) is 13.5. The zero-order valence-electron chi connectivity index (χ0n) is 10.6. The normalized spacial score (nSPS) is 16.5. The van der Waals surface area contributed by atoms with Crippen LogP contribution in [0.25, 0.3) is 11.0 Å². The molecule has 0 atom stereocenters. The van der Waals surface area contributed by atoms with Gasteiger partial charge in [0.2, 0.25) is 5.76 Å². The lowest BCUT2D eigenvalue weighted by atomic mass is 10.2. The van der Waals surface area contributed by atoms with Crippen molar-refractivity contribution in [3.05, 3.63) is 30.0 Å². The van der Waals surface area contributed by atoms with Crippen LogP contribution in [-0.4, -0.2) is 37.3 Å². The van der Waals surface area contributed by atoms with Crippen LogP contribution in [0.1, 0.15) is 17.0 Å². The second-order valence-corrected chi connectivity index (χ2v) is 4.67. The number of carboxylic acid groups (broad SMARTS) is 1. The Hall–Kier alpha value is -2.01. The average molecular weight is 260 g/mol. The van der Waals surface area contributed by atoms with Gasteiger partial charge in [0.1, 0.15) is 5.58 Å². The highest BCUT2D eigenvalue weighted by Crippen LogP contribution is 2.34. The van der Waals surface area contributed by atoms with Crippen molar-refractivity contribution in [3.63, 3.8) is 0 Å². The van der Waals surface area contributed by atoms with E-state index in [1.54, 1.807) is 6.07 Å². The minimum atomic E-state index is -1.01. The van der Waals surface area contributed by atoms with Gasteiger partial charge >= 0.3 is 5.97 Å². The van der Waals surface area contributed by atoms with Gasteiger partial charge in [-0.25, -0.2) is 4.79 Å². The number of aromatic carboxylic acids is 1. The van der Waals surface area contributed by atoms with E-state index >= 15 is 0 Å². The van der Waals surface area contributed by atoms with Gasteiger partial charge in [-0.1, -0.05) is 12.1 Å². The summed E-state index contributed by atoms with van der Waals surface area (Å²) in [6.07, 6.45) is 0.999. The summed E-state index contributed by atoms with van der Waals surface area (Å²) in [5.41, 5.74) is 1.35. The van der Waals surface area contributed by atoms with E-state index in [1.165, 1.54) is 0 Å². The zero-order valence-corrected chi connectivity index (χ0v) is 10.6. The van der Waals surface area contributed by atoms with Crippen LogP contribution < -0.4 is 10.2 Å². The molecule has 2 heterocycles. The summed E-state index contributed by atoms with van der Waals surface area (Å²) >= 11 is 0. The Labute approximate surface area is 110 Å². The molecule has 5 heteroatoms. The molecule has 0 bridgehead atoms. The maximum absolute atomic E-state index is 11.4. The molecule has 1 aliphatic rings. The number of carboxylic acids is 1. The van der Waals surface area contributed by atoms with Crippen LogP contribution in [0.2, 0.25) is 0 Å². The monoisotopic (exact) mass is 260 g/mol. The molecule has 1 saturated heterocycles. The number of carbonyl (C=O) groups is 1. The van der Waals surface area contributed by atoms with Crippen molar-refractivity contribution in [2.75, 3.05) is 31.1 Å². The first-order valence-electron chi connectivity index (χ1n) is 6.48. The van der Waals surface area contributed by atoms with Crippen molar-refractivity contribution in [2.24, 2.45) is 0 Å². The molecule has 1 aromatic heterocycles. The molecule has 1 aromatic carbocycles. The van der Waals surface area contributed by atoms with Crippen LogP contribution in [-0.2, 0) is 0 Å². The third kappa shape index (κ3) is 2.17. The first-order chi connectivity index (χ1) is 9.27. The fraction of sp³-hybridized carbons (Fsp3) is 0.357. The van der Waals surface area contributed by atoms with E-state index in [-0.39, 0.29) is 5.76 Å². The van der Waals surface area contributed by atoms with Gasteiger partial charge in [-0.3, -0.25) is 0 Å². The molecule has 0 amide bonds. The molecular weight excluding hydrogens is 244 g/mol. The molecule has 19 heavy (non-hydrogen) atoms. The molecule has 2 aromatic rings. The fourth-order valence-electron chi connectivity index (χ4n) is 2.56. The molecule has 0 aliphatic carbocycles. The van der Waals surface area contributed by atoms with Crippen LogP contribution in [0.15, 0.2) is 28.7 Å². The van der Waals surface area contributed by atoms with E-state index in [9.17, 15) is 9.90 Å². The number of nitrogens with one attached hydrogen (secondary N) is 1. The topological polar surface area (TPSA) is 65.7 Å². The van der Waals surface area contributed by atoms with Crippen LogP contribution in [0.4, 0.5) is 5.69 Å². The highest BCUT2D eigenvalue weighted by Gasteiger charge is 2.24. The van der Waals surface area contributed by atoms with Crippen molar-refractivity contribution < 1.29 is 14.3 Å². The number of nitrogens with zero attached hydrogens (tertiary/aromatic N) is 1. The van der Waals surface area contributed by atoms with Crippen molar-refractivity contribution >= 4 is 22.6 Å². The second kappa shape index (κ2) is 4.93. The molecule has 100 valence electrons. The second-order valence-electron chi connectivity index (χ2n) is 4.67. The predicted octanol–water partition coefficient (Wildman–Crippen LogP) is 1.93. The van der Waals surface area contributed by atoms with E-state index in [4.69, 9.17) is 4.42 Å². The van der Waals surface area contributed by atoms with Gasteiger partial charge in [-0.2, -0.15) is 0 Å². The summed E-state index contributed by atoms with van der Waals surface area (Å²) in [7, 11) is 0. The molecule has 0 saturated carbocycles. The Morgan fingerprint density at radius 1 is 1.26 bits per heavy atom. The van der Waals surface area contributed by atoms with Gasteiger partial charge in [-0.15, -0.1) is 0 Å². The standard InChI is InChI=1S/C14H16N2O3/c17-14(18)13-12(16-8-3-6-15-7-9-16)10-4-1-2-5-11(10)19-13/h1-2,4-5,15H,3,6-9H2,(H,17,18). The van der Waals surface area contributed by atoms with E-state index < -0.39 is 5.97 Å². The smallest absolute Gasteiger partial charge is 0.374 e. The largest absolute Gasteiger partial charge is 0.475 e. The van der Waals surface area contributed by atoms with Crippen LogP contribution >= 0.6 is 0 Å². The van der Waals surface area contributed by atoms with E-state index in [1.807, 2.05) is 18.2 Å². The summed E-state index contributed by atoms with van der Waals surface area (Å²) in [6.45, 7) is 3.47. The number of furan rings is 1. The molecule has 3 rings (SSSR count). The lowest BCUT2D eigenvalue weighted by Crippen LogP contribution is -2.28. The number of fused-ring (bicyclic) bond motifs is 1. The molecule has 1 aliphatic heterocycles. The molecule has 0 unspecified atom stereocenters. The van der Waals surface area contributed by atoms with Crippen molar-refractivity contribution in [3.8, 4) is 0 Å². The molecular formula is C14H16N2O3.